The summed E-state index contributed by atoms with van der Waals surface area (Å²) in [5.41, 5.74) is 2.09. The maximum Gasteiger partial charge on any atom is 0.271 e. The van der Waals surface area contributed by atoms with Gasteiger partial charge in [0, 0.05) is 11.6 Å². The largest absolute Gasteiger partial charge is 0.495 e. The maximum atomic E-state index is 12.2. The summed E-state index contributed by atoms with van der Waals surface area (Å²) in [5.74, 6) is 0.950. The molecule has 6 nitrogen and oxygen atoms in total. The van der Waals surface area contributed by atoms with Crippen molar-refractivity contribution in [2.24, 2.45) is 0 Å². The third kappa shape index (κ3) is 5.18. The van der Waals surface area contributed by atoms with Gasteiger partial charge in [-0.05, 0) is 48.4 Å². The smallest absolute Gasteiger partial charge is 0.271 e. The second kappa shape index (κ2) is 9.00. The van der Waals surface area contributed by atoms with Gasteiger partial charge in [0.25, 0.3) is 5.91 Å². The van der Waals surface area contributed by atoms with Gasteiger partial charge in [-0.1, -0.05) is 35.9 Å². The predicted octanol–water partition coefficient (Wildman–Crippen LogP) is 3.85. The topological polar surface area (TPSA) is 76.1 Å². The molecule has 0 unspecified atom stereocenters. The summed E-state index contributed by atoms with van der Waals surface area (Å²) in [7, 11) is 1.60. The predicted molar refractivity (Wildman–Crippen MR) is 106 cm³/mol. The average molecular weight is 383 g/mol. The van der Waals surface area contributed by atoms with E-state index in [1.54, 1.807) is 19.2 Å². The van der Waals surface area contributed by atoms with Gasteiger partial charge in [0.15, 0.2) is 11.5 Å². The molecule has 1 heterocycles. The number of methoxy groups -OCH3 is 1. The van der Waals surface area contributed by atoms with E-state index in [1.165, 1.54) is 0 Å². The second-order valence-electron chi connectivity index (χ2n) is 5.76. The van der Waals surface area contributed by atoms with Crippen LogP contribution in [-0.4, -0.2) is 29.8 Å². The fourth-order valence-electron chi connectivity index (χ4n) is 2.51. The number of nitrogens with zero attached hydrogens (tertiary/aromatic N) is 2. The molecule has 0 aliphatic carbocycles. The lowest BCUT2D eigenvalue weighted by Gasteiger charge is -2.10. The van der Waals surface area contributed by atoms with Crippen molar-refractivity contribution in [1.82, 2.24) is 15.5 Å². The normalized spacial score (nSPS) is 10.3. The molecule has 0 spiro atoms. The number of halogens is 1. The fourth-order valence-corrected chi connectivity index (χ4v) is 2.72. The monoisotopic (exact) mass is 382 g/mol. The molecule has 27 heavy (non-hydrogen) atoms. The van der Waals surface area contributed by atoms with Crippen molar-refractivity contribution >= 4 is 29.0 Å². The van der Waals surface area contributed by atoms with Crippen LogP contribution in [0.5, 0.6) is 5.75 Å². The minimum absolute atomic E-state index is 0.256. The van der Waals surface area contributed by atoms with Crippen molar-refractivity contribution in [2.75, 3.05) is 19.0 Å². The molecule has 7 heteroatoms. The van der Waals surface area contributed by atoms with Gasteiger partial charge in [-0.25, -0.2) is 0 Å². The van der Waals surface area contributed by atoms with Crippen LogP contribution in [0.4, 0.5) is 11.5 Å². The highest BCUT2D eigenvalue weighted by Gasteiger charge is 2.09. The van der Waals surface area contributed by atoms with Gasteiger partial charge in [0.2, 0.25) is 0 Å². The number of carbonyl (C=O) groups is 1. The Kier molecular flexibility index (Phi) is 6.22. The summed E-state index contributed by atoms with van der Waals surface area (Å²) in [4.78, 5) is 12.2. The van der Waals surface area contributed by atoms with Crippen molar-refractivity contribution in [3.63, 3.8) is 0 Å². The zero-order valence-corrected chi connectivity index (χ0v) is 15.5. The van der Waals surface area contributed by atoms with Gasteiger partial charge in [-0.3, -0.25) is 4.79 Å². The molecule has 0 saturated heterocycles. The molecule has 0 fully saturated rings. The van der Waals surface area contributed by atoms with Crippen LogP contribution in [0.3, 0.4) is 0 Å². The summed E-state index contributed by atoms with van der Waals surface area (Å²) < 4.78 is 5.28. The van der Waals surface area contributed by atoms with E-state index in [9.17, 15) is 4.79 Å². The number of benzene rings is 2. The zero-order chi connectivity index (χ0) is 19.1. The number of hydrogen-bond donors (Lipinski definition) is 2. The zero-order valence-electron chi connectivity index (χ0n) is 14.8. The van der Waals surface area contributed by atoms with Gasteiger partial charge in [-0.15, -0.1) is 10.2 Å². The number of para-hydroxylation sites is 2. The van der Waals surface area contributed by atoms with Gasteiger partial charge in [0.1, 0.15) is 5.75 Å². The van der Waals surface area contributed by atoms with E-state index < -0.39 is 0 Å². The molecule has 1 amide bonds. The van der Waals surface area contributed by atoms with E-state index in [0.29, 0.717) is 29.6 Å². The molecule has 138 valence electrons. The van der Waals surface area contributed by atoms with Gasteiger partial charge in [-0.2, -0.15) is 0 Å². The first kappa shape index (κ1) is 18.7. The molecule has 3 aromatic rings. The van der Waals surface area contributed by atoms with Crippen LogP contribution >= 0.6 is 11.6 Å². The number of amides is 1. The van der Waals surface area contributed by atoms with E-state index in [2.05, 4.69) is 20.8 Å². The van der Waals surface area contributed by atoms with Crippen molar-refractivity contribution < 1.29 is 9.53 Å². The molecule has 3 rings (SSSR count). The maximum absolute atomic E-state index is 12.2. The van der Waals surface area contributed by atoms with Crippen LogP contribution in [0.15, 0.2) is 60.7 Å². The van der Waals surface area contributed by atoms with E-state index in [1.807, 2.05) is 48.5 Å². The Morgan fingerprint density at radius 1 is 1.07 bits per heavy atom. The average Bonchev–Trinajstić information content (AvgIpc) is 2.69. The lowest BCUT2D eigenvalue weighted by Crippen LogP contribution is -2.26. The fraction of sp³-hybridized carbons (Fsp3) is 0.150. The summed E-state index contributed by atoms with van der Waals surface area (Å²) >= 11 is 5.95. The van der Waals surface area contributed by atoms with Crippen LogP contribution in [0.25, 0.3) is 0 Å². The summed E-state index contributed by atoms with van der Waals surface area (Å²) in [6, 6.07) is 18.4. The highest BCUT2D eigenvalue weighted by Crippen LogP contribution is 2.25. The first-order chi connectivity index (χ1) is 13.2. The molecule has 0 saturated carbocycles. The Hall–Kier alpha value is -3.12. The van der Waals surface area contributed by atoms with Crippen LogP contribution in [0.2, 0.25) is 5.02 Å². The molecule has 1 aromatic heterocycles. The summed E-state index contributed by atoms with van der Waals surface area (Å²) in [6.07, 6.45) is 0.688. The van der Waals surface area contributed by atoms with Crippen LogP contribution in [-0.2, 0) is 6.42 Å². The van der Waals surface area contributed by atoms with Crippen molar-refractivity contribution in [3.05, 3.63) is 76.9 Å². The minimum atomic E-state index is -0.270. The number of ether oxygens (including phenoxy) is 1. The molecule has 0 radical (unpaired) electrons. The third-order valence-corrected chi connectivity index (χ3v) is 4.09. The van der Waals surface area contributed by atoms with Crippen LogP contribution in [0, 0.1) is 0 Å². The lowest BCUT2D eigenvalue weighted by molar-refractivity contribution is 0.0948. The Morgan fingerprint density at radius 3 is 2.67 bits per heavy atom. The first-order valence-electron chi connectivity index (χ1n) is 8.42. The molecule has 0 bridgehead atoms. The Labute approximate surface area is 162 Å². The number of nitrogens with one attached hydrogen (secondary N) is 2. The molecule has 2 aromatic carbocycles. The highest BCUT2D eigenvalue weighted by molar-refractivity contribution is 6.30. The number of rotatable bonds is 7. The summed E-state index contributed by atoms with van der Waals surface area (Å²) in [6.45, 7) is 0.488. The second-order valence-corrected chi connectivity index (χ2v) is 6.20. The van der Waals surface area contributed by atoms with Gasteiger partial charge >= 0.3 is 0 Å². The van der Waals surface area contributed by atoms with Crippen molar-refractivity contribution in [2.45, 2.75) is 6.42 Å². The number of anilines is 2. The first-order valence-corrected chi connectivity index (χ1v) is 8.80. The summed E-state index contributed by atoms with van der Waals surface area (Å²) in [5, 5.41) is 14.7. The van der Waals surface area contributed by atoms with Gasteiger partial charge in [0.05, 0.1) is 12.8 Å². The van der Waals surface area contributed by atoms with E-state index in [4.69, 9.17) is 16.3 Å². The van der Waals surface area contributed by atoms with Crippen molar-refractivity contribution in [3.8, 4) is 5.75 Å². The molecule has 0 atom stereocenters. The molecule has 2 N–H and O–H groups in total. The van der Waals surface area contributed by atoms with E-state index in [-0.39, 0.29) is 11.6 Å². The number of hydrogen-bond acceptors (Lipinski definition) is 5. The van der Waals surface area contributed by atoms with Gasteiger partial charge < -0.3 is 15.4 Å². The van der Waals surface area contributed by atoms with Crippen molar-refractivity contribution in [1.29, 1.82) is 0 Å². The molecule has 0 aliphatic heterocycles. The highest BCUT2D eigenvalue weighted by atomic mass is 35.5. The van der Waals surface area contributed by atoms with E-state index >= 15 is 0 Å². The number of carbonyl (C=O) groups excluding carboxylic acids is 1. The number of aromatic nitrogens is 2. The Morgan fingerprint density at radius 2 is 1.93 bits per heavy atom. The third-order valence-electron chi connectivity index (χ3n) is 3.86. The van der Waals surface area contributed by atoms with E-state index in [0.717, 1.165) is 11.3 Å². The lowest BCUT2D eigenvalue weighted by atomic mass is 10.1. The standard InChI is InChI=1S/C20H19ClN4O2/c1-27-18-8-3-2-7-16(18)23-19-10-9-17(24-25-19)20(26)22-12-11-14-5-4-6-15(21)13-14/h2-10,13H,11-12H2,1H3,(H,22,26)(H,23,25). The Bertz CT molecular complexity index is 916. The SMILES string of the molecule is COc1ccccc1Nc1ccc(C(=O)NCCc2cccc(Cl)c2)nn1. The molecular formula is C20H19ClN4O2. The Balaban J connectivity index is 1.55. The minimum Gasteiger partial charge on any atom is -0.495 e. The molecular weight excluding hydrogens is 364 g/mol. The van der Waals surface area contributed by atoms with Crippen LogP contribution in [0.1, 0.15) is 16.1 Å². The quantitative estimate of drug-likeness (QED) is 0.649. The molecule has 0 aliphatic rings. The van der Waals surface area contributed by atoms with Crippen LogP contribution < -0.4 is 15.4 Å².